The van der Waals surface area contributed by atoms with Crippen LogP contribution in [0.3, 0.4) is 0 Å². The van der Waals surface area contributed by atoms with Gasteiger partial charge in [-0.3, -0.25) is 14.6 Å². The number of hydrogen-bond acceptors (Lipinski definition) is 4. The van der Waals surface area contributed by atoms with Crippen molar-refractivity contribution < 1.29 is 9.59 Å². The molecule has 1 amide bonds. The number of amides is 1. The third kappa shape index (κ3) is 2.92. The Kier molecular flexibility index (Phi) is 4.04. The first kappa shape index (κ1) is 12.7. The van der Waals surface area contributed by atoms with Crippen molar-refractivity contribution in [3.63, 3.8) is 0 Å². The molecular formula is C13H17N3O2. The highest BCUT2D eigenvalue weighted by molar-refractivity contribution is 5.97. The van der Waals surface area contributed by atoms with Crippen LogP contribution in [0.5, 0.6) is 0 Å². The Hall–Kier alpha value is -1.75. The van der Waals surface area contributed by atoms with Crippen LogP contribution in [0.15, 0.2) is 24.4 Å². The molecule has 0 aliphatic carbocycles. The number of rotatable bonds is 2. The van der Waals surface area contributed by atoms with Gasteiger partial charge in [-0.25, -0.2) is 0 Å². The summed E-state index contributed by atoms with van der Waals surface area (Å²) in [6, 6.07) is 4.67. The summed E-state index contributed by atoms with van der Waals surface area (Å²) in [4.78, 5) is 27.9. The molecular weight excluding hydrogens is 230 g/mol. The molecule has 0 aromatic carbocycles. The van der Waals surface area contributed by atoms with Gasteiger partial charge >= 0.3 is 0 Å². The van der Waals surface area contributed by atoms with Gasteiger partial charge < -0.3 is 10.6 Å². The lowest BCUT2D eigenvalue weighted by atomic mass is 9.98. The van der Waals surface area contributed by atoms with Crippen molar-refractivity contribution in [2.45, 2.75) is 19.4 Å². The van der Waals surface area contributed by atoms with Gasteiger partial charge in [0.25, 0.3) is 5.91 Å². The summed E-state index contributed by atoms with van der Waals surface area (Å²) in [6.07, 6.45) is 2.37. The molecule has 2 atom stereocenters. The maximum Gasteiger partial charge on any atom is 0.270 e. The maximum atomic E-state index is 12.0. The summed E-state index contributed by atoms with van der Waals surface area (Å²) in [7, 11) is 0. The summed E-state index contributed by atoms with van der Waals surface area (Å²) in [6.45, 7) is 3.19. The molecule has 0 saturated carbocycles. The van der Waals surface area contributed by atoms with Crippen molar-refractivity contribution in [1.29, 1.82) is 0 Å². The highest BCUT2D eigenvalue weighted by atomic mass is 16.2. The Balaban J connectivity index is 2.04. The molecule has 2 N–H and O–H groups in total. The number of hydrogen-bond donors (Lipinski definition) is 2. The van der Waals surface area contributed by atoms with Crippen LogP contribution in [-0.2, 0) is 4.79 Å². The zero-order valence-corrected chi connectivity index (χ0v) is 10.3. The minimum absolute atomic E-state index is 0.0194. The summed E-state index contributed by atoms with van der Waals surface area (Å²) in [5.41, 5.74) is 0.335. The molecule has 0 spiro atoms. The van der Waals surface area contributed by atoms with Crippen molar-refractivity contribution in [3.8, 4) is 0 Å². The first-order valence-corrected chi connectivity index (χ1v) is 6.15. The summed E-state index contributed by atoms with van der Waals surface area (Å²) < 4.78 is 0. The second kappa shape index (κ2) is 5.73. The predicted octanol–water partition coefficient (Wildman–Crippen LogP) is 0.378. The molecule has 18 heavy (non-hydrogen) atoms. The molecule has 1 aromatic rings. The van der Waals surface area contributed by atoms with E-state index < -0.39 is 6.04 Å². The number of nitrogens with one attached hydrogen (secondary N) is 2. The number of carbonyl (C=O) groups excluding carboxylic acids is 2. The van der Waals surface area contributed by atoms with Crippen LogP contribution in [0.25, 0.3) is 0 Å². The Morgan fingerprint density at radius 2 is 2.33 bits per heavy atom. The molecule has 0 bridgehead atoms. The number of Topliss-reactive ketones (excluding diaryl/α,β-unsaturated/α-hetero) is 1. The van der Waals surface area contributed by atoms with E-state index >= 15 is 0 Å². The fraction of sp³-hybridized carbons (Fsp3) is 0.462. The Morgan fingerprint density at radius 1 is 1.50 bits per heavy atom. The molecule has 2 unspecified atom stereocenters. The molecule has 1 saturated heterocycles. The molecule has 5 heteroatoms. The molecule has 1 aromatic heterocycles. The monoisotopic (exact) mass is 247 g/mol. The quantitative estimate of drug-likeness (QED) is 0.792. The van der Waals surface area contributed by atoms with Crippen LogP contribution in [0.4, 0.5) is 0 Å². The third-order valence-corrected chi connectivity index (χ3v) is 3.13. The van der Waals surface area contributed by atoms with Crippen LogP contribution >= 0.6 is 0 Å². The van der Waals surface area contributed by atoms with Gasteiger partial charge in [-0.2, -0.15) is 0 Å². The van der Waals surface area contributed by atoms with Crippen LogP contribution in [-0.4, -0.2) is 35.8 Å². The topological polar surface area (TPSA) is 71.1 Å². The zero-order valence-electron chi connectivity index (χ0n) is 10.3. The highest BCUT2D eigenvalue weighted by Crippen LogP contribution is 2.09. The highest BCUT2D eigenvalue weighted by Gasteiger charge is 2.27. The van der Waals surface area contributed by atoms with Gasteiger partial charge in [0.2, 0.25) is 0 Å². The molecule has 1 aliphatic rings. The van der Waals surface area contributed by atoms with Gasteiger partial charge in [0.05, 0.1) is 0 Å². The van der Waals surface area contributed by atoms with Crippen LogP contribution in [0, 0.1) is 5.92 Å². The van der Waals surface area contributed by atoms with E-state index in [2.05, 4.69) is 15.6 Å². The van der Waals surface area contributed by atoms with E-state index in [9.17, 15) is 9.59 Å². The normalized spacial score (nSPS) is 24.4. The van der Waals surface area contributed by atoms with Crippen molar-refractivity contribution >= 4 is 11.7 Å². The van der Waals surface area contributed by atoms with Crippen molar-refractivity contribution in [2.24, 2.45) is 5.92 Å². The van der Waals surface area contributed by atoms with E-state index in [1.165, 1.54) is 0 Å². The SMILES string of the molecule is CC1CCNCC(NC(=O)c2ccccn2)C1=O. The smallest absolute Gasteiger partial charge is 0.270 e. The fourth-order valence-electron chi connectivity index (χ4n) is 2.00. The summed E-state index contributed by atoms with van der Waals surface area (Å²) in [5.74, 6) is -0.233. The van der Waals surface area contributed by atoms with Gasteiger partial charge in [-0.15, -0.1) is 0 Å². The first-order chi connectivity index (χ1) is 8.68. The summed E-state index contributed by atoms with van der Waals surface area (Å²) in [5, 5.41) is 5.90. The predicted molar refractivity (Wildman–Crippen MR) is 67.1 cm³/mol. The lowest BCUT2D eigenvalue weighted by molar-refractivity contribution is -0.123. The van der Waals surface area contributed by atoms with Crippen molar-refractivity contribution in [1.82, 2.24) is 15.6 Å². The van der Waals surface area contributed by atoms with E-state index in [4.69, 9.17) is 0 Å². The molecule has 1 fully saturated rings. The largest absolute Gasteiger partial charge is 0.340 e. The average Bonchev–Trinajstić information content (AvgIpc) is 2.55. The number of aromatic nitrogens is 1. The van der Waals surface area contributed by atoms with E-state index in [1.54, 1.807) is 24.4 Å². The molecule has 0 radical (unpaired) electrons. The number of pyridine rings is 1. The Labute approximate surface area is 106 Å². The van der Waals surface area contributed by atoms with E-state index in [0.717, 1.165) is 13.0 Å². The average molecular weight is 247 g/mol. The van der Waals surface area contributed by atoms with Gasteiger partial charge in [-0.05, 0) is 25.1 Å². The standard InChI is InChI=1S/C13H17N3O2/c1-9-5-7-14-8-11(12(9)17)16-13(18)10-4-2-3-6-15-10/h2-4,6,9,11,14H,5,7-8H2,1H3,(H,16,18). The Bertz CT molecular complexity index is 433. The van der Waals surface area contributed by atoms with E-state index in [0.29, 0.717) is 12.2 Å². The van der Waals surface area contributed by atoms with Gasteiger partial charge in [0.1, 0.15) is 11.7 Å². The molecule has 1 aliphatic heterocycles. The zero-order chi connectivity index (χ0) is 13.0. The molecule has 2 heterocycles. The minimum atomic E-state index is -0.461. The molecule has 96 valence electrons. The second-order valence-electron chi connectivity index (χ2n) is 4.54. The van der Waals surface area contributed by atoms with Crippen molar-refractivity contribution in [3.05, 3.63) is 30.1 Å². The van der Waals surface area contributed by atoms with E-state index in [-0.39, 0.29) is 17.6 Å². The lowest BCUT2D eigenvalue weighted by Crippen LogP contribution is -2.47. The van der Waals surface area contributed by atoms with Gasteiger partial charge in [0.15, 0.2) is 5.78 Å². The minimum Gasteiger partial charge on any atom is -0.340 e. The first-order valence-electron chi connectivity index (χ1n) is 6.15. The lowest BCUT2D eigenvalue weighted by Gasteiger charge is -2.17. The second-order valence-corrected chi connectivity index (χ2v) is 4.54. The number of ketones is 1. The number of carbonyl (C=O) groups is 2. The van der Waals surface area contributed by atoms with Crippen molar-refractivity contribution in [2.75, 3.05) is 13.1 Å². The van der Waals surface area contributed by atoms with Crippen LogP contribution < -0.4 is 10.6 Å². The van der Waals surface area contributed by atoms with Crippen LogP contribution in [0.1, 0.15) is 23.8 Å². The summed E-state index contributed by atoms with van der Waals surface area (Å²) >= 11 is 0. The van der Waals surface area contributed by atoms with Gasteiger partial charge in [0, 0.05) is 18.7 Å². The molecule has 2 rings (SSSR count). The maximum absolute atomic E-state index is 12.0. The number of nitrogens with zero attached hydrogens (tertiary/aromatic N) is 1. The van der Waals surface area contributed by atoms with Gasteiger partial charge in [-0.1, -0.05) is 13.0 Å². The fourth-order valence-corrected chi connectivity index (χ4v) is 2.00. The Morgan fingerprint density at radius 3 is 3.06 bits per heavy atom. The molecule has 5 nitrogen and oxygen atoms in total. The third-order valence-electron chi connectivity index (χ3n) is 3.13. The van der Waals surface area contributed by atoms with Crippen LogP contribution in [0.2, 0.25) is 0 Å². The van der Waals surface area contributed by atoms with E-state index in [1.807, 2.05) is 6.92 Å².